The Hall–Kier alpha value is -3.30. The molecule has 0 unspecified atom stereocenters. The summed E-state index contributed by atoms with van der Waals surface area (Å²) in [6.45, 7) is 6.10. The van der Waals surface area contributed by atoms with Crippen molar-refractivity contribution in [1.82, 2.24) is 4.90 Å². The third-order valence-electron chi connectivity index (χ3n) is 4.76. The summed E-state index contributed by atoms with van der Waals surface area (Å²) in [7, 11) is 2.14. The van der Waals surface area contributed by atoms with E-state index in [1.165, 1.54) is 11.9 Å². The largest absolute Gasteiger partial charge is 0.369 e. The van der Waals surface area contributed by atoms with Crippen LogP contribution in [0.15, 0.2) is 60.3 Å². The van der Waals surface area contributed by atoms with Crippen molar-refractivity contribution in [2.24, 2.45) is 0 Å². The minimum atomic E-state index is -0.436. The predicted molar refractivity (Wildman–Crippen MR) is 113 cm³/mol. The molecule has 0 aromatic heterocycles. The van der Waals surface area contributed by atoms with Gasteiger partial charge in [0.1, 0.15) is 11.6 Å². The van der Waals surface area contributed by atoms with Crippen LogP contribution in [-0.2, 0) is 4.79 Å². The van der Waals surface area contributed by atoms with Crippen LogP contribution in [0.5, 0.6) is 0 Å². The zero-order valence-corrected chi connectivity index (χ0v) is 16.3. The Labute approximate surface area is 166 Å². The Morgan fingerprint density at radius 1 is 1.07 bits per heavy atom. The first-order chi connectivity index (χ1) is 13.5. The van der Waals surface area contributed by atoms with E-state index in [4.69, 9.17) is 0 Å². The lowest BCUT2D eigenvalue weighted by molar-refractivity contribution is -0.112. The van der Waals surface area contributed by atoms with Crippen LogP contribution in [0.25, 0.3) is 0 Å². The Kier molecular flexibility index (Phi) is 6.30. The molecular formula is C22H25N5O. The normalized spacial score (nSPS) is 15.0. The van der Waals surface area contributed by atoms with Gasteiger partial charge in [-0.2, -0.15) is 5.26 Å². The smallest absolute Gasteiger partial charge is 0.267 e. The minimum Gasteiger partial charge on any atom is -0.369 e. The first-order valence-electron chi connectivity index (χ1n) is 9.33. The third kappa shape index (κ3) is 5.12. The van der Waals surface area contributed by atoms with E-state index in [0.717, 1.165) is 37.4 Å². The second kappa shape index (κ2) is 9.07. The highest BCUT2D eigenvalue weighted by Gasteiger charge is 2.14. The van der Waals surface area contributed by atoms with Crippen molar-refractivity contribution in [2.45, 2.75) is 6.92 Å². The molecule has 1 fully saturated rings. The SMILES string of the molecule is Cc1cccc(NC(=O)/C(C#N)=C\Nc2ccc(N3CCN(C)CC3)cc2)c1. The third-order valence-corrected chi connectivity index (χ3v) is 4.76. The highest BCUT2D eigenvalue weighted by molar-refractivity contribution is 6.06. The summed E-state index contributed by atoms with van der Waals surface area (Å²) in [5.41, 5.74) is 3.74. The molecule has 6 heteroatoms. The summed E-state index contributed by atoms with van der Waals surface area (Å²) in [6, 6.07) is 17.4. The van der Waals surface area contributed by atoms with E-state index in [-0.39, 0.29) is 5.57 Å². The summed E-state index contributed by atoms with van der Waals surface area (Å²) in [5, 5.41) is 15.1. The second-order valence-corrected chi connectivity index (χ2v) is 6.97. The summed E-state index contributed by atoms with van der Waals surface area (Å²) in [4.78, 5) is 17.0. The van der Waals surface area contributed by atoms with Gasteiger partial charge in [0.05, 0.1) is 0 Å². The van der Waals surface area contributed by atoms with Crippen LogP contribution < -0.4 is 15.5 Å². The summed E-state index contributed by atoms with van der Waals surface area (Å²) < 4.78 is 0. The molecule has 144 valence electrons. The van der Waals surface area contributed by atoms with Crippen LogP contribution in [0.1, 0.15) is 5.56 Å². The Bertz CT molecular complexity index is 890. The molecular weight excluding hydrogens is 350 g/mol. The molecule has 1 heterocycles. The highest BCUT2D eigenvalue weighted by Crippen LogP contribution is 2.19. The fraction of sp³-hybridized carbons (Fsp3) is 0.273. The van der Waals surface area contributed by atoms with E-state index in [1.807, 2.05) is 43.3 Å². The number of amides is 1. The number of carbonyl (C=O) groups is 1. The number of nitrogens with one attached hydrogen (secondary N) is 2. The van der Waals surface area contributed by atoms with Crippen LogP contribution in [0.3, 0.4) is 0 Å². The minimum absolute atomic E-state index is 0.0182. The number of nitrogens with zero attached hydrogens (tertiary/aromatic N) is 3. The van der Waals surface area contributed by atoms with Crippen molar-refractivity contribution >= 4 is 23.0 Å². The maximum absolute atomic E-state index is 12.3. The number of hydrogen-bond donors (Lipinski definition) is 2. The highest BCUT2D eigenvalue weighted by atomic mass is 16.1. The van der Waals surface area contributed by atoms with E-state index in [9.17, 15) is 10.1 Å². The molecule has 1 amide bonds. The lowest BCUT2D eigenvalue weighted by Gasteiger charge is -2.34. The van der Waals surface area contributed by atoms with Gasteiger partial charge in [0, 0.05) is 49.4 Å². The van der Waals surface area contributed by atoms with E-state index in [1.54, 1.807) is 6.07 Å². The molecule has 28 heavy (non-hydrogen) atoms. The number of anilines is 3. The molecule has 0 atom stereocenters. The van der Waals surface area contributed by atoms with Crippen LogP contribution in [0, 0.1) is 18.3 Å². The molecule has 6 nitrogen and oxygen atoms in total. The lowest BCUT2D eigenvalue weighted by atomic mass is 10.2. The average molecular weight is 375 g/mol. The molecule has 2 aromatic carbocycles. The molecule has 0 aliphatic carbocycles. The van der Waals surface area contributed by atoms with Crippen molar-refractivity contribution < 1.29 is 4.79 Å². The molecule has 0 saturated carbocycles. The topological polar surface area (TPSA) is 71.4 Å². The van der Waals surface area contributed by atoms with Gasteiger partial charge in [-0.25, -0.2) is 0 Å². The summed E-state index contributed by atoms with van der Waals surface area (Å²) in [6.07, 6.45) is 1.44. The summed E-state index contributed by atoms with van der Waals surface area (Å²) >= 11 is 0. The van der Waals surface area contributed by atoms with Crippen molar-refractivity contribution in [3.8, 4) is 6.07 Å². The van der Waals surface area contributed by atoms with Crippen LogP contribution in [-0.4, -0.2) is 44.0 Å². The molecule has 0 spiro atoms. The van der Waals surface area contributed by atoms with Crippen LogP contribution >= 0.6 is 0 Å². The number of piperazine rings is 1. The van der Waals surface area contributed by atoms with Gasteiger partial charge in [0.25, 0.3) is 5.91 Å². The van der Waals surface area contributed by atoms with Gasteiger partial charge in [-0.1, -0.05) is 12.1 Å². The molecule has 1 aliphatic heterocycles. The number of carbonyl (C=O) groups excluding carboxylic acids is 1. The second-order valence-electron chi connectivity index (χ2n) is 6.97. The number of benzene rings is 2. The quantitative estimate of drug-likeness (QED) is 0.620. The predicted octanol–water partition coefficient (Wildman–Crippen LogP) is 3.20. The zero-order chi connectivity index (χ0) is 19.9. The molecule has 1 saturated heterocycles. The number of hydrogen-bond acceptors (Lipinski definition) is 5. The van der Waals surface area contributed by atoms with Gasteiger partial charge in [0.15, 0.2) is 0 Å². The fourth-order valence-corrected chi connectivity index (χ4v) is 3.06. The van der Waals surface area contributed by atoms with Crippen molar-refractivity contribution in [1.29, 1.82) is 5.26 Å². The first kappa shape index (κ1) is 19.5. The van der Waals surface area contributed by atoms with Crippen LogP contribution in [0.4, 0.5) is 17.1 Å². The molecule has 3 rings (SSSR count). The number of likely N-dealkylation sites (N-methyl/N-ethyl adjacent to an activating group) is 1. The fourth-order valence-electron chi connectivity index (χ4n) is 3.06. The van der Waals surface area contributed by atoms with Gasteiger partial charge in [-0.3, -0.25) is 4.79 Å². The number of nitriles is 1. The van der Waals surface area contributed by atoms with E-state index in [0.29, 0.717) is 5.69 Å². The maximum atomic E-state index is 12.3. The standard InChI is InChI=1S/C22H25N5O/c1-17-4-3-5-20(14-17)25-22(28)18(15-23)16-24-19-6-8-21(9-7-19)27-12-10-26(2)11-13-27/h3-9,14,16,24H,10-13H2,1-2H3,(H,25,28)/b18-16-. The Balaban J connectivity index is 1.61. The summed E-state index contributed by atoms with van der Waals surface area (Å²) in [5.74, 6) is -0.436. The molecule has 0 radical (unpaired) electrons. The average Bonchev–Trinajstić information content (AvgIpc) is 2.69. The maximum Gasteiger partial charge on any atom is 0.267 e. The Morgan fingerprint density at radius 2 is 1.79 bits per heavy atom. The van der Waals surface area contributed by atoms with Crippen LogP contribution in [0.2, 0.25) is 0 Å². The van der Waals surface area contributed by atoms with Crippen molar-refractivity contribution in [3.05, 3.63) is 65.9 Å². The van der Waals surface area contributed by atoms with Gasteiger partial charge in [-0.05, 0) is 55.9 Å². The first-order valence-corrected chi connectivity index (χ1v) is 9.33. The van der Waals surface area contributed by atoms with E-state index in [2.05, 4.69) is 39.6 Å². The number of aryl methyl sites for hydroxylation is 1. The van der Waals surface area contributed by atoms with E-state index >= 15 is 0 Å². The van der Waals surface area contributed by atoms with Crippen molar-refractivity contribution in [3.63, 3.8) is 0 Å². The van der Waals surface area contributed by atoms with E-state index < -0.39 is 5.91 Å². The molecule has 2 N–H and O–H groups in total. The molecule has 0 bridgehead atoms. The zero-order valence-electron chi connectivity index (χ0n) is 16.3. The van der Waals surface area contributed by atoms with Gasteiger partial charge < -0.3 is 20.4 Å². The van der Waals surface area contributed by atoms with Gasteiger partial charge in [0.2, 0.25) is 0 Å². The molecule has 1 aliphatic rings. The number of rotatable bonds is 5. The van der Waals surface area contributed by atoms with Gasteiger partial charge in [-0.15, -0.1) is 0 Å². The lowest BCUT2D eigenvalue weighted by Crippen LogP contribution is -2.44. The molecule has 2 aromatic rings. The Morgan fingerprint density at radius 3 is 2.43 bits per heavy atom. The monoisotopic (exact) mass is 375 g/mol. The van der Waals surface area contributed by atoms with Gasteiger partial charge >= 0.3 is 0 Å². The van der Waals surface area contributed by atoms with Crippen molar-refractivity contribution in [2.75, 3.05) is 48.8 Å².